The number of rotatable bonds is 4. The van der Waals surface area contributed by atoms with Crippen molar-refractivity contribution in [3.63, 3.8) is 0 Å². The Morgan fingerprint density at radius 2 is 2.00 bits per heavy atom. The van der Waals surface area contributed by atoms with Crippen LogP contribution in [0.3, 0.4) is 0 Å². The van der Waals surface area contributed by atoms with Gasteiger partial charge in [-0.25, -0.2) is 8.42 Å². The first-order valence-corrected chi connectivity index (χ1v) is 8.50. The number of terminal acetylenes is 1. The second-order valence-electron chi connectivity index (χ2n) is 4.97. The normalized spacial score (nSPS) is 12.3. The molecule has 4 N–H and O–H groups in total. The highest BCUT2D eigenvalue weighted by atomic mass is 32.2. The summed E-state index contributed by atoms with van der Waals surface area (Å²) in [5.41, 5.74) is 10.9. The number of nitrogens with two attached hydrogens (primary N) is 2. The van der Waals surface area contributed by atoms with E-state index in [2.05, 4.69) is 10.9 Å². The maximum absolute atomic E-state index is 12.2. The van der Waals surface area contributed by atoms with Crippen LogP contribution in [0.15, 0.2) is 22.0 Å². The van der Waals surface area contributed by atoms with Gasteiger partial charge in [-0.3, -0.25) is 4.79 Å². The van der Waals surface area contributed by atoms with E-state index in [1.165, 1.54) is 6.07 Å². The average molecular weight is 321 g/mol. The molecule has 1 unspecified atom stereocenters. The van der Waals surface area contributed by atoms with Crippen molar-refractivity contribution >= 4 is 21.7 Å². The summed E-state index contributed by atoms with van der Waals surface area (Å²) in [5.74, 6) is 1.08. The number of carbonyl (C=O) groups is 1. The van der Waals surface area contributed by atoms with E-state index in [1.807, 2.05) is 13.8 Å². The van der Waals surface area contributed by atoms with Gasteiger partial charge in [-0.2, -0.15) is 4.99 Å². The van der Waals surface area contributed by atoms with Gasteiger partial charge in [0.05, 0.1) is 16.0 Å². The van der Waals surface area contributed by atoms with Crippen LogP contribution in [0.5, 0.6) is 0 Å². The largest absolute Gasteiger partial charge is 0.370 e. The van der Waals surface area contributed by atoms with Crippen molar-refractivity contribution < 1.29 is 13.2 Å². The molecule has 0 spiro atoms. The molecule has 6 nitrogen and oxygen atoms in total. The number of sulfone groups is 1. The van der Waals surface area contributed by atoms with Crippen molar-refractivity contribution in [2.45, 2.75) is 31.1 Å². The van der Waals surface area contributed by atoms with Crippen LogP contribution in [-0.2, 0) is 9.84 Å². The minimum Gasteiger partial charge on any atom is -0.370 e. The predicted molar refractivity (Wildman–Crippen MR) is 86.3 cm³/mol. The highest BCUT2D eigenvalue weighted by molar-refractivity contribution is 7.90. The third kappa shape index (κ3) is 3.65. The lowest BCUT2D eigenvalue weighted by atomic mass is 9.94. The topological polar surface area (TPSA) is 116 Å². The van der Waals surface area contributed by atoms with E-state index in [0.29, 0.717) is 5.56 Å². The summed E-state index contributed by atoms with van der Waals surface area (Å²) in [6.07, 6.45) is 7.24. The highest BCUT2D eigenvalue weighted by Crippen LogP contribution is 2.31. The van der Waals surface area contributed by atoms with Crippen LogP contribution in [0.1, 0.15) is 47.7 Å². The Bertz CT molecular complexity index is 770. The van der Waals surface area contributed by atoms with Crippen molar-refractivity contribution in [3.05, 3.63) is 28.8 Å². The summed E-state index contributed by atoms with van der Waals surface area (Å²) in [5, 5.41) is 0. The molecule has 0 radical (unpaired) electrons. The standard InChI is InChI=1S/C15H19N3O3S/c1-5-9(3)11-7-8-12(14(19)18-15(16)17)10(6-2)13(11)22(4,20)21/h2,7-9H,5H2,1,3-4H3,(H4,16,17,18,19). The number of hydrogen-bond acceptors (Lipinski definition) is 3. The number of nitrogens with zero attached hydrogens (tertiary/aromatic N) is 1. The molecule has 1 rings (SSSR count). The zero-order valence-electron chi connectivity index (χ0n) is 12.8. The summed E-state index contributed by atoms with van der Waals surface area (Å²) < 4.78 is 24.3. The van der Waals surface area contributed by atoms with E-state index in [0.717, 1.165) is 12.7 Å². The third-order valence-corrected chi connectivity index (χ3v) is 4.49. The number of amides is 1. The zero-order valence-corrected chi connectivity index (χ0v) is 13.6. The van der Waals surface area contributed by atoms with E-state index in [9.17, 15) is 13.2 Å². The van der Waals surface area contributed by atoms with Gasteiger partial charge in [-0.1, -0.05) is 25.8 Å². The maximum atomic E-state index is 12.2. The fourth-order valence-electron chi connectivity index (χ4n) is 2.11. The van der Waals surface area contributed by atoms with Crippen molar-refractivity contribution in [2.75, 3.05) is 6.26 Å². The fourth-order valence-corrected chi connectivity index (χ4v) is 3.34. The molecule has 0 aromatic heterocycles. The van der Waals surface area contributed by atoms with Gasteiger partial charge in [0.15, 0.2) is 15.8 Å². The number of aliphatic imine (C=N–C) groups is 1. The summed E-state index contributed by atoms with van der Waals surface area (Å²) in [6, 6.07) is 3.04. The van der Waals surface area contributed by atoms with Crippen LogP contribution < -0.4 is 11.5 Å². The van der Waals surface area contributed by atoms with Crippen LogP contribution in [0.25, 0.3) is 0 Å². The lowest BCUT2D eigenvalue weighted by Gasteiger charge is -2.17. The first-order valence-electron chi connectivity index (χ1n) is 6.61. The Kier molecular flexibility index (Phi) is 5.33. The smallest absolute Gasteiger partial charge is 0.281 e. The second kappa shape index (κ2) is 6.62. The molecule has 118 valence electrons. The molecule has 0 heterocycles. The lowest BCUT2D eigenvalue weighted by molar-refractivity contribution is 0.100. The number of guanidine groups is 1. The Labute approximate surface area is 130 Å². The molecule has 22 heavy (non-hydrogen) atoms. The van der Waals surface area contributed by atoms with Crippen molar-refractivity contribution in [1.82, 2.24) is 0 Å². The average Bonchev–Trinajstić information content (AvgIpc) is 2.42. The van der Waals surface area contributed by atoms with Crippen LogP contribution in [0.2, 0.25) is 0 Å². The minimum atomic E-state index is -3.62. The molecule has 1 aromatic rings. The molecule has 1 amide bonds. The van der Waals surface area contributed by atoms with Gasteiger partial charge >= 0.3 is 0 Å². The molecule has 0 saturated heterocycles. The molecule has 0 aliphatic carbocycles. The van der Waals surface area contributed by atoms with Crippen molar-refractivity contribution in [2.24, 2.45) is 16.5 Å². The SMILES string of the molecule is C#Cc1c(C(=O)N=C(N)N)ccc(C(C)CC)c1S(C)(=O)=O. The third-order valence-electron chi connectivity index (χ3n) is 3.31. The van der Waals surface area contributed by atoms with Gasteiger partial charge in [0.25, 0.3) is 5.91 Å². The van der Waals surface area contributed by atoms with Gasteiger partial charge in [-0.15, -0.1) is 6.42 Å². The van der Waals surface area contributed by atoms with Gasteiger partial charge in [-0.05, 0) is 24.0 Å². The Morgan fingerprint density at radius 3 is 2.41 bits per heavy atom. The second-order valence-corrected chi connectivity index (χ2v) is 6.93. The molecule has 1 aromatic carbocycles. The van der Waals surface area contributed by atoms with Crippen LogP contribution in [-0.4, -0.2) is 26.5 Å². The molecule has 0 bridgehead atoms. The first kappa shape index (κ1) is 17.7. The van der Waals surface area contributed by atoms with Gasteiger partial charge in [0, 0.05) is 6.26 Å². The van der Waals surface area contributed by atoms with Gasteiger partial charge in [0.1, 0.15) is 0 Å². The summed E-state index contributed by atoms with van der Waals surface area (Å²) >= 11 is 0. The summed E-state index contributed by atoms with van der Waals surface area (Å²) in [4.78, 5) is 15.4. The molecule has 0 aliphatic heterocycles. The molecular weight excluding hydrogens is 302 g/mol. The van der Waals surface area contributed by atoms with Gasteiger partial charge in [0.2, 0.25) is 0 Å². The lowest BCUT2D eigenvalue weighted by Crippen LogP contribution is -2.24. The van der Waals surface area contributed by atoms with E-state index in [1.54, 1.807) is 6.07 Å². The number of benzene rings is 1. The van der Waals surface area contributed by atoms with E-state index >= 15 is 0 Å². The quantitative estimate of drug-likeness (QED) is 0.487. The minimum absolute atomic E-state index is 0.00435. The predicted octanol–water partition coefficient (Wildman–Crippen LogP) is 0.999. The molecular formula is C15H19N3O3S. The van der Waals surface area contributed by atoms with Crippen molar-refractivity contribution in [3.8, 4) is 12.3 Å². The van der Waals surface area contributed by atoms with E-state index < -0.39 is 21.7 Å². The summed E-state index contributed by atoms with van der Waals surface area (Å²) in [7, 11) is -3.62. The summed E-state index contributed by atoms with van der Waals surface area (Å²) in [6.45, 7) is 3.83. The molecule has 1 atom stereocenters. The zero-order chi connectivity index (χ0) is 17.1. The van der Waals surface area contributed by atoms with Crippen molar-refractivity contribution in [1.29, 1.82) is 0 Å². The molecule has 7 heteroatoms. The maximum Gasteiger partial charge on any atom is 0.281 e. The monoisotopic (exact) mass is 321 g/mol. The molecule has 0 aliphatic rings. The fraction of sp³-hybridized carbons (Fsp3) is 0.333. The Morgan fingerprint density at radius 1 is 1.41 bits per heavy atom. The van der Waals surface area contributed by atoms with Crippen LogP contribution >= 0.6 is 0 Å². The molecule has 0 fully saturated rings. The van der Waals surface area contributed by atoms with E-state index in [-0.39, 0.29) is 21.9 Å². The molecule has 0 saturated carbocycles. The van der Waals surface area contributed by atoms with Crippen LogP contribution in [0, 0.1) is 12.3 Å². The van der Waals surface area contributed by atoms with Crippen LogP contribution in [0.4, 0.5) is 0 Å². The Balaban J connectivity index is 3.79. The highest BCUT2D eigenvalue weighted by Gasteiger charge is 2.25. The van der Waals surface area contributed by atoms with E-state index in [4.69, 9.17) is 17.9 Å². The first-order chi connectivity index (χ1) is 10.1. The Hall–Kier alpha value is -2.33. The van der Waals surface area contributed by atoms with Gasteiger partial charge < -0.3 is 11.5 Å². The number of hydrogen-bond donors (Lipinski definition) is 2. The number of carbonyl (C=O) groups excluding carboxylic acids is 1.